The molecule has 0 unspecified atom stereocenters. The molecule has 0 amide bonds. The summed E-state index contributed by atoms with van der Waals surface area (Å²) in [5.74, 6) is 0.996. The average molecular weight is 198 g/mol. The second kappa shape index (κ2) is 3.17. The summed E-state index contributed by atoms with van der Waals surface area (Å²) >= 11 is 1.09. The Bertz CT molecular complexity index is 198. The van der Waals surface area contributed by atoms with Crippen molar-refractivity contribution < 1.29 is 28.0 Å². The fourth-order valence-electron chi connectivity index (χ4n) is 0.671. The van der Waals surface area contributed by atoms with E-state index < -0.39 is 0 Å². The second-order valence-electron chi connectivity index (χ2n) is 1.87. The predicted molar refractivity (Wildman–Crippen MR) is 31.8 cm³/mol. The van der Waals surface area contributed by atoms with Gasteiger partial charge in [0.15, 0.2) is 0 Å². The Morgan fingerprint density at radius 2 is 2.00 bits per heavy atom. The van der Waals surface area contributed by atoms with Crippen molar-refractivity contribution in [1.82, 2.24) is 0 Å². The fraction of sp³-hybridized carbons (Fsp3) is 0.143. The third-order valence-electron chi connectivity index (χ3n) is 1.20. The molecule has 2 heteroatoms. The average Bonchev–Trinajstić information content (AvgIpc) is 1.89. The number of hydrogen-bond acceptors (Lipinski definition) is 1. The van der Waals surface area contributed by atoms with E-state index in [9.17, 15) is 0 Å². The summed E-state index contributed by atoms with van der Waals surface area (Å²) < 4.78 is 5.13. The van der Waals surface area contributed by atoms with Gasteiger partial charge in [-0.2, -0.15) is 0 Å². The van der Waals surface area contributed by atoms with E-state index in [1.54, 1.807) is 0 Å². The molecule has 0 heterocycles. The van der Waals surface area contributed by atoms with Gasteiger partial charge in [0, 0.05) is 0 Å². The number of para-hydroxylation sites is 1. The van der Waals surface area contributed by atoms with Crippen molar-refractivity contribution >= 4 is 0 Å². The fourth-order valence-corrected chi connectivity index (χ4v) is 1.23. The Hall–Kier alpha value is -0.0969. The zero-order chi connectivity index (χ0) is 6.69. The van der Waals surface area contributed by atoms with E-state index in [4.69, 9.17) is 2.81 Å². The summed E-state index contributed by atoms with van der Waals surface area (Å²) in [7, 11) is 0. The van der Waals surface area contributed by atoms with Crippen molar-refractivity contribution in [2.75, 3.05) is 0 Å². The van der Waals surface area contributed by atoms with Crippen LogP contribution in [-0.4, -0.2) is 0 Å². The molecule has 0 N–H and O–H groups in total. The molecule has 1 rings (SSSR count). The second-order valence-corrected chi connectivity index (χ2v) is 2.37. The summed E-state index contributed by atoms with van der Waals surface area (Å²) in [4.78, 5) is 0. The maximum absolute atomic E-state index is 5.13. The number of benzene rings is 1. The first-order valence-electron chi connectivity index (χ1n) is 2.74. The molecule has 0 atom stereocenters. The molecular weight excluding hydrogens is 191 g/mol. The Morgan fingerprint density at radius 3 is 2.44 bits per heavy atom. The van der Waals surface area contributed by atoms with Crippen LogP contribution in [0.1, 0.15) is 5.56 Å². The molecule has 0 aromatic heterocycles. The molecule has 0 radical (unpaired) electrons. The van der Waals surface area contributed by atoms with Crippen LogP contribution in [-0.2, 0) is 25.2 Å². The molecule has 1 aromatic carbocycles. The van der Waals surface area contributed by atoms with E-state index in [1.165, 1.54) is 5.56 Å². The van der Waals surface area contributed by atoms with E-state index in [0.717, 1.165) is 30.9 Å². The van der Waals surface area contributed by atoms with Crippen molar-refractivity contribution in [3.8, 4) is 5.75 Å². The summed E-state index contributed by atoms with van der Waals surface area (Å²) in [5, 5.41) is 0. The molecule has 0 aliphatic carbocycles. The zero-order valence-corrected chi connectivity index (χ0v) is 7.68. The van der Waals surface area contributed by atoms with Crippen molar-refractivity contribution in [2.45, 2.75) is 6.92 Å². The maximum atomic E-state index is 5.13. The van der Waals surface area contributed by atoms with Gasteiger partial charge in [0.2, 0.25) is 0 Å². The standard InChI is InChI=1S/C7H8O.Zr/c1-6-4-2-3-5-7(6)8;/h2-5,8H,1H3;/q;+1/p-1. The summed E-state index contributed by atoms with van der Waals surface area (Å²) in [6, 6.07) is 8.00. The topological polar surface area (TPSA) is 9.23 Å². The van der Waals surface area contributed by atoms with Gasteiger partial charge in [-0.05, 0) is 0 Å². The summed E-state index contributed by atoms with van der Waals surface area (Å²) in [5.41, 5.74) is 1.20. The normalized spacial score (nSPS) is 8.89. The van der Waals surface area contributed by atoms with Gasteiger partial charge in [0.25, 0.3) is 0 Å². The molecule has 1 nitrogen and oxygen atoms in total. The molecule has 0 bridgehead atoms. The third kappa shape index (κ3) is 1.65. The van der Waals surface area contributed by atoms with Crippen LogP contribution in [0.25, 0.3) is 0 Å². The van der Waals surface area contributed by atoms with Gasteiger partial charge in [-0.25, -0.2) is 0 Å². The molecule has 0 aliphatic heterocycles. The molecule has 45 valence electrons. The van der Waals surface area contributed by atoms with Gasteiger partial charge in [0.05, 0.1) is 0 Å². The number of aryl methyl sites for hydroxylation is 1. The Labute approximate surface area is 70.5 Å². The molecule has 9 heavy (non-hydrogen) atoms. The first-order chi connectivity index (χ1) is 4.34. The van der Waals surface area contributed by atoms with Gasteiger partial charge in [-0.1, -0.05) is 0 Å². The Balaban J connectivity index is 3.01. The molecule has 0 saturated carbocycles. The minimum absolute atomic E-state index is 0.996. The molecular formula is C7H7OZr. The Morgan fingerprint density at radius 1 is 1.33 bits per heavy atom. The predicted octanol–water partition coefficient (Wildman–Crippen LogP) is 1.84. The SMILES string of the molecule is Cc1ccccc1[O][Zr]. The van der Waals surface area contributed by atoms with E-state index >= 15 is 0 Å². The van der Waals surface area contributed by atoms with Gasteiger partial charge >= 0.3 is 70.5 Å². The quantitative estimate of drug-likeness (QED) is 0.669. The van der Waals surface area contributed by atoms with Crippen LogP contribution in [0.15, 0.2) is 24.3 Å². The molecule has 1 aromatic rings. The van der Waals surface area contributed by atoms with Crippen LogP contribution < -0.4 is 2.81 Å². The van der Waals surface area contributed by atoms with Crippen LogP contribution >= 0.6 is 0 Å². The van der Waals surface area contributed by atoms with E-state index in [2.05, 4.69) is 0 Å². The van der Waals surface area contributed by atoms with E-state index in [0.29, 0.717) is 0 Å². The first kappa shape index (κ1) is 7.02. The molecule has 0 fully saturated rings. The first-order valence-corrected chi connectivity index (χ1v) is 3.74. The van der Waals surface area contributed by atoms with Crippen molar-refractivity contribution in [1.29, 1.82) is 0 Å². The van der Waals surface area contributed by atoms with Crippen LogP contribution in [0.4, 0.5) is 0 Å². The van der Waals surface area contributed by atoms with Crippen LogP contribution in [0.2, 0.25) is 0 Å². The monoisotopic (exact) mass is 197 g/mol. The zero-order valence-electron chi connectivity index (χ0n) is 5.22. The van der Waals surface area contributed by atoms with Gasteiger partial charge < -0.3 is 0 Å². The van der Waals surface area contributed by atoms with Crippen LogP contribution in [0.5, 0.6) is 5.75 Å². The Kier molecular flexibility index (Phi) is 2.47. The van der Waals surface area contributed by atoms with Crippen molar-refractivity contribution in [3.05, 3.63) is 29.8 Å². The third-order valence-corrected chi connectivity index (χ3v) is 1.74. The molecule has 0 aliphatic rings. The number of hydrogen-bond donors (Lipinski definition) is 0. The van der Waals surface area contributed by atoms with Crippen LogP contribution in [0, 0.1) is 6.92 Å². The van der Waals surface area contributed by atoms with E-state index in [1.807, 2.05) is 31.2 Å². The van der Waals surface area contributed by atoms with Gasteiger partial charge in [-0.15, -0.1) is 0 Å². The molecule has 0 spiro atoms. The van der Waals surface area contributed by atoms with Crippen LogP contribution in [0.3, 0.4) is 0 Å². The minimum atomic E-state index is 0.996. The van der Waals surface area contributed by atoms with Gasteiger partial charge in [0.1, 0.15) is 0 Å². The van der Waals surface area contributed by atoms with Crippen molar-refractivity contribution in [3.63, 3.8) is 0 Å². The van der Waals surface area contributed by atoms with Crippen molar-refractivity contribution in [2.24, 2.45) is 0 Å². The van der Waals surface area contributed by atoms with Gasteiger partial charge in [-0.3, -0.25) is 0 Å². The summed E-state index contributed by atoms with van der Waals surface area (Å²) in [6.45, 7) is 2.04. The van der Waals surface area contributed by atoms with E-state index in [-0.39, 0.29) is 0 Å². The summed E-state index contributed by atoms with van der Waals surface area (Å²) in [6.07, 6.45) is 0. The number of rotatable bonds is 1. The molecule has 0 saturated heterocycles.